The Bertz CT molecular complexity index is 1040. The van der Waals surface area contributed by atoms with Crippen LogP contribution in [-0.4, -0.2) is 104 Å². The van der Waals surface area contributed by atoms with E-state index in [4.69, 9.17) is 18.9 Å². The topological polar surface area (TPSA) is 36.9 Å². The third-order valence-corrected chi connectivity index (χ3v) is 7.56. The van der Waals surface area contributed by atoms with Crippen LogP contribution < -0.4 is 0 Å². The van der Waals surface area contributed by atoms with Gasteiger partial charge in [-0.25, -0.2) is 0 Å². The molecule has 0 saturated carbocycles. The van der Waals surface area contributed by atoms with Crippen LogP contribution in [0, 0.1) is 0 Å². The number of rotatable bonds is 3. The molecule has 4 heterocycles. The molecule has 4 aliphatic rings. The summed E-state index contributed by atoms with van der Waals surface area (Å²) in [6.07, 6.45) is 10.2. The van der Waals surface area contributed by atoms with Gasteiger partial charge in [0.2, 0.25) is 0 Å². The van der Waals surface area contributed by atoms with Gasteiger partial charge in [-0.15, -0.1) is 0 Å². The van der Waals surface area contributed by atoms with Gasteiger partial charge in [-0.2, -0.15) is 0 Å². The zero-order valence-electron chi connectivity index (χ0n) is 27.3. The summed E-state index contributed by atoms with van der Waals surface area (Å²) >= 11 is 0. The van der Waals surface area contributed by atoms with Gasteiger partial charge >= 0.3 is 0 Å². The van der Waals surface area contributed by atoms with Crippen LogP contribution in [0.4, 0.5) is 0 Å². The molecule has 0 unspecified atom stereocenters. The summed E-state index contributed by atoms with van der Waals surface area (Å²) in [5.74, 6) is 0. The van der Waals surface area contributed by atoms with E-state index in [2.05, 4.69) is 109 Å². The molecule has 5 heteroatoms. The van der Waals surface area contributed by atoms with Crippen LogP contribution in [0.1, 0.15) is 51.4 Å². The molecular formula is C40H50KO4. The smallest absolute Gasteiger partial charge is 0.0466 e. The van der Waals surface area contributed by atoms with Crippen molar-refractivity contribution in [3.05, 3.63) is 109 Å². The Balaban J connectivity index is 0.000000210. The second-order valence-electron chi connectivity index (χ2n) is 11.2. The fraction of sp³-hybridized carbons (Fsp3) is 0.400. The summed E-state index contributed by atoms with van der Waals surface area (Å²) in [6.45, 7) is 8.00. The molecule has 4 aliphatic heterocycles. The number of ether oxygens (including phenoxy) is 4. The van der Waals surface area contributed by atoms with Crippen molar-refractivity contribution in [2.45, 2.75) is 51.4 Å². The van der Waals surface area contributed by atoms with Crippen LogP contribution in [0.5, 0.6) is 0 Å². The summed E-state index contributed by atoms with van der Waals surface area (Å²) in [5, 5.41) is 0. The van der Waals surface area contributed by atoms with E-state index in [1.807, 2.05) is 0 Å². The number of benzene rings is 4. The van der Waals surface area contributed by atoms with Crippen LogP contribution in [0.2, 0.25) is 0 Å². The van der Waals surface area contributed by atoms with Crippen molar-refractivity contribution in [3.63, 3.8) is 0 Å². The van der Waals surface area contributed by atoms with E-state index in [9.17, 15) is 0 Å². The summed E-state index contributed by atoms with van der Waals surface area (Å²) < 4.78 is 19.8. The third kappa shape index (κ3) is 15.7. The molecule has 4 nitrogen and oxygen atoms in total. The van der Waals surface area contributed by atoms with Crippen molar-refractivity contribution < 1.29 is 18.9 Å². The van der Waals surface area contributed by atoms with Crippen LogP contribution in [-0.2, 0) is 18.9 Å². The van der Waals surface area contributed by atoms with Crippen molar-refractivity contribution in [2.75, 3.05) is 52.9 Å². The fourth-order valence-electron chi connectivity index (χ4n) is 5.06. The van der Waals surface area contributed by atoms with Crippen LogP contribution >= 0.6 is 0 Å². The molecule has 0 spiro atoms. The minimum atomic E-state index is 0. The zero-order valence-corrected chi connectivity index (χ0v) is 30.5. The third-order valence-electron chi connectivity index (χ3n) is 7.56. The predicted molar refractivity (Wildman–Crippen MR) is 189 cm³/mol. The molecule has 0 bridgehead atoms. The van der Waals surface area contributed by atoms with E-state index in [1.165, 1.54) is 84.7 Å². The molecule has 8 rings (SSSR count). The SMILES string of the molecule is C1CCOC1.C1CCOC1.C1CCOC1.C1CCOC1.[K].c1ccc(-c2cc(-c3ccccc3)cc(-c3ccccc3)c2)cc1. The average Bonchev–Trinajstić information content (AvgIpc) is 3.97. The number of hydrogen-bond acceptors (Lipinski definition) is 4. The minimum Gasteiger partial charge on any atom is -0.381 e. The fourth-order valence-corrected chi connectivity index (χ4v) is 5.06. The van der Waals surface area contributed by atoms with E-state index >= 15 is 0 Å². The first-order valence-electron chi connectivity index (χ1n) is 16.5. The Hall–Kier alpha value is -1.64. The molecule has 0 atom stereocenters. The van der Waals surface area contributed by atoms with Gasteiger partial charge in [0.05, 0.1) is 0 Å². The quantitative estimate of drug-likeness (QED) is 0.211. The van der Waals surface area contributed by atoms with Gasteiger partial charge in [0.1, 0.15) is 0 Å². The van der Waals surface area contributed by atoms with E-state index in [-0.39, 0.29) is 51.4 Å². The molecule has 1 radical (unpaired) electrons. The minimum absolute atomic E-state index is 0. The first kappa shape index (κ1) is 37.8. The maximum atomic E-state index is 4.94. The first-order valence-corrected chi connectivity index (χ1v) is 16.5. The molecule has 0 N–H and O–H groups in total. The number of hydrogen-bond donors (Lipinski definition) is 0. The molecule has 4 fully saturated rings. The molecular weight excluding hydrogens is 584 g/mol. The predicted octanol–water partition coefficient (Wildman–Crippen LogP) is 9.49. The van der Waals surface area contributed by atoms with Crippen molar-refractivity contribution in [1.29, 1.82) is 0 Å². The Labute approximate surface area is 314 Å². The van der Waals surface area contributed by atoms with Gasteiger partial charge in [-0.1, -0.05) is 91.0 Å². The van der Waals surface area contributed by atoms with E-state index in [1.54, 1.807) is 0 Å². The summed E-state index contributed by atoms with van der Waals surface area (Å²) in [5.41, 5.74) is 7.47. The molecule has 0 aromatic heterocycles. The van der Waals surface area contributed by atoms with Crippen LogP contribution in [0.15, 0.2) is 109 Å². The van der Waals surface area contributed by atoms with Gasteiger partial charge in [0.15, 0.2) is 0 Å². The summed E-state index contributed by atoms with van der Waals surface area (Å²) in [4.78, 5) is 0. The molecule has 4 aromatic carbocycles. The summed E-state index contributed by atoms with van der Waals surface area (Å²) in [6, 6.07) is 38.5. The zero-order chi connectivity index (χ0) is 30.3. The van der Waals surface area contributed by atoms with Crippen LogP contribution in [0.3, 0.4) is 0 Å². The second-order valence-corrected chi connectivity index (χ2v) is 11.2. The van der Waals surface area contributed by atoms with E-state index in [0.717, 1.165) is 52.9 Å². The van der Waals surface area contributed by atoms with E-state index < -0.39 is 0 Å². The van der Waals surface area contributed by atoms with Gasteiger partial charge in [-0.3, -0.25) is 0 Å². The molecule has 45 heavy (non-hydrogen) atoms. The average molecular weight is 634 g/mol. The van der Waals surface area contributed by atoms with Crippen LogP contribution in [0.25, 0.3) is 33.4 Å². The maximum Gasteiger partial charge on any atom is 0.0466 e. The van der Waals surface area contributed by atoms with Crippen molar-refractivity contribution in [3.8, 4) is 33.4 Å². The Kier molecular flexibility index (Phi) is 20.6. The van der Waals surface area contributed by atoms with Crippen molar-refractivity contribution in [1.82, 2.24) is 0 Å². The Morgan fingerprint density at radius 2 is 0.467 bits per heavy atom. The standard InChI is InChI=1S/C24H18.4C4H8O.K/c1-4-10-19(11-5-1)22-16-23(20-12-6-2-7-13-20)18-24(17-22)21-14-8-3-9-15-21;4*1-2-4-5-3-1;/h1-18H;4*1-4H2;. The maximum absolute atomic E-state index is 4.94. The molecule has 0 aliphatic carbocycles. The normalized spacial score (nSPS) is 16.3. The molecule has 4 saturated heterocycles. The van der Waals surface area contributed by atoms with Crippen molar-refractivity contribution in [2.24, 2.45) is 0 Å². The van der Waals surface area contributed by atoms with Gasteiger partial charge < -0.3 is 18.9 Å². The molecule has 4 aromatic rings. The van der Waals surface area contributed by atoms with Gasteiger partial charge in [0.25, 0.3) is 0 Å². The van der Waals surface area contributed by atoms with Gasteiger partial charge in [0, 0.05) is 104 Å². The monoisotopic (exact) mass is 633 g/mol. The first-order chi connectivity index (χ1) is 21.9. The Morgan fingerprint density at radius 1 is 0.267 bits per heavy atom. The van der Waals surface area contributed by atoms with E-state index in [0.29, 0.717) is 0 Å². The van der Waals surface area contributed by atoms with Crippen molar-refractivity contribution >= 4 is 51.4 Å². The summed E-state index contributed by atoms with van der Waals surface area (Å²) in [7, 11) is 0. The van der Waals surface area contributed by atoms with Gasteiger partial charge in [-0.05, 0) is 103 Å². The second kappa shape index (κ2) is 24.5. The largest absolute Gasteiger partial charge is 0.381 e. The molecule has 235 valence electrons. The Morgan fingerprint density at radius 3 is 0.622 bits per heavy atom. The molecule has 0 amide bonds.